The first-order chi connectivity index (χ1) is 10.1. The SMILES string of the molecule is CC(Nc1ccc(O)c(F)c1)c1ccc2c(c1)OCCO2. The first-order valence-corrected chi connectivity index (χ1v) is 6.78. The number of rotatable bonds is 3. The number of nitrogens with one attached hydrogen (secondary N) is 1. The number of halogens is 1. The van der Waals surface area contributed by atoms with Crippen molar-refractivity contribution >= 4 is 5.69 Å². The predicted octanol–water partition coefficient (Wildman–Crippen LogP) is 3.48. The smallest absolute Gasteiger partial charge is 0.166 e. The van der Waals surface area contributed by atoms with Crippen LogP contribution in [0.5, 0.6) is 17.2 Å². The molecule has 1 heterocycles. The molecule has 4 nitrogen and oxygen atoms in total. The van der Waals surface area contributed by atoms with Gasteiger partial charge in [0.2, 0.25) is 0 Å². The molecule has 0 aromatic heterocycles. The standard InChI is InChI=1S/C16H16FNO3/c1-10(18-12-3-4-14(19)13(17)9-12)11-2-5-15-16(8-11)21-7-6-20-15/h2-5,8-10,18-19H,6-7H2,1H3. The number of hydrogen-bond donors (Lipinski definition) is 2. The maximum Gasteiger partial charge on any atom is 0.166 e. The van der Waals surface area contributed by atoms with Crippen LogP contribution < -0.4 is 14.8 Å². The van der Waals surface area contributed by atoms with Crippen molar-refractivity contribution in [3.8, 4) is 17.2 Å². The minimum atomic E-state index is -0.644. The molecule has 21 heavy (non-hydrogen) atoms. The molecule has 0 aliphatic carbocycles. The van der Waals surface area contributed by atoms with Gasteiger partial charge in [-0.2, -0.15) is 0 Å². The van der Waals surface area contributed by atoms with Crippen molar-refractivity contribution in [2.75, 3.05) is 18.5 Å². The van der Waals surface area contributed by atoms with E-state index in [4.69, 9.17) is 9.47 Å². The van der Waals surface area contributed by atoms with Crippen LogP contribution in [0.1, 0.15) is 18.5 Å². The Bertz CT molecular complexity index is 660. The van der Waals surface area contributed by atoms with Gasteiger partial charge in [0.05, 0.1) is 0 Å². The van der Waals surface area contributed by atoms with Crippen LogP contribution in [-0.4, -0.2) is 18.3 Å². The molecular weight excluding hydrogens is 273 g/mol. The summed E-state index contributed by atoms with van der Waals surface area (Å²) in [6.45, 7) is 3.07. The van der Waals surface area contributed by atoms with Crippen molar-refractivity contribution in [1.82, 2.24) is 0 Å². The Hall–Kier alpha value is -2.43. The van der Waals surface area contributed by atoms with Gasteiger partial charge >= 0.3 is 0 Å². The lowest BCUT2D eigenvalue weighted by molar-refractivity contribution is 0.171. The first kappa shape index (κ1) is 13.5. The number of ether oxygens (including phenoxy) is 2. The second kappa shape index (κ2) is 5.52. The van der Waals surface area contributed by atoms with Crippen LogP contribution in [0.15, 0.2) is 36.4 Å². The van der Waals surface area contributed by atoms with E-state index in [2.05, 4.69) is 5.32 Å². The minimum absolute atomic E-state index is 0.0373. The van der Waals surface area contributed by atoms with E-state index in [1.807, 2.05) is 25.1 Å². The molecule has 5 heteroatoms. The van der Waals surface area contributed by atoms with Gasteiger partial charge in [-0.1, -0.05) is 6.07 Å². The highest BCUT2D eigenvalue weighted by Crippen LogP contribution is 2.33. The van der Waals surface area contributed by atoms with Gasteiger partial charge in [-0.3, -0.25) is 0 Å². The van der Waals surface area contributed by atoms with Crippen LogP contribution in [0, 0.1) is 5.82 Å². The van der Waals surface area contributed by atoms with Crippen molar-refractivity contribution < 1.29 is 19.0 Å². The number of benzene rings is 2. The van der Waals surface area contributed by atoms with E-state index in [1.165, 1.54) is 12.1 Å². The lowest BCUT2D eigenvalue weighted by atomic mass is 10.1. The molecule has 1 aliphatic rings. The molecule has 0 saturated heterocycles. The van der Waals surface area contributed by atoms with Crippen molar-refractivity contribution in [3.05, 3.63) is 47.8 Å². The number of hydrogen-bond acceptors (Lipinski definition) is 4. The molecule has 0 spiro atoms. The lowest BCUT2D eigenvalue weighted by Crippen LogP contribution is -2.16. The Morgan fingerprint density at radius 3 is 2.62 bits per heavy atom. The molecule has 1 atom stereocenters. The molecule has 0 saturated carbocycles. The summed E-state index contributed by atoms with van der Waals surface area (Å²) in [6, 6.07) is 9.93. The third kappa shape index (κ3) is 2.86. The van der Waals surface area contributed by atoms with E-state index in [-0.39, 0.29) is 11.8 Å². The fourth-order valence-corrected chi connectivity index (χ4v) is 2.26. The van der Waals surface area contributed by atoms with Gasteiger partial charge in [-0.05, 0) is 36.8 Å². The Kier molecular flexibility index (Phi) is 3.56. The molecule has 0 bridgehead atoms. The quantitative estimate of drug-likeness (QED) is 0.849. The fraction of sp³-hybridized carbons (Fsp3) is 0.250. The zero-order valence-corrected chi connectivity index (χ0v) is 11.6. The fourth-order valence-electron chi connectivity index (χ4n) is 2.26. The molecule has 2 aromatic carbocycles. The topological polar surface area (TPSA) is 50.7 Å². The third-order valence-corrected chi connectivity index (χ3v) is 3.40. The average Bonchev–Trinajstić information content (AvgIpc) is 2.50. The Morgan fingerprint density at radius 1 is 1.10 bits per heavy atom. The molecular formula is C16H16FNO3. The number of phenols is 1. The van der Waals surface area contributed by atoms with Crippen molar-refractivity contribution in [2.45, 2.75) is 13.0 Å². The number of fused-ring (bicyclic) bond motifs is 1. The molecule has 110 valence electrons. The zero-order chi connectivity index (χ0) is 14.8. The minimum Gasteiger partial charge on any atom is -0.505 e. The highest BCUT2D eigenvalue weighted by Gasteiger charge is 2.14. The molecule has 2 aromatic rings. The van der Waals surface area contributed by atoms with Crippen LogP contribution in [0.3, 0.4) is 0 Å². The summed E-state index contributed by atoms with van der Waals surface area (Å²) in [6.07, 6.45) is 0. The summed E-state index contributed by atoms with van der Waals surface area (Å²) < 4.78 is 24.4. The van der Waals surface area contributed by atoms with Gasteiger partial charge < -0.3 is 19.9 Å². The summed E-state index contributed by atoms with van der Waals surface area (Å²) in [4.78, 5) is 0. The highest BCUT2D eigenvalue weighted by molar-refractivity contribution is 5.50. The van der Waals surface area contributed by atoms with Crippen molar-refractivity contribution in [1.29, 1.82) is 0 Å². The predicted molar refractivity (Wildman–Crippen MR) is 77.5 cm³/mol. The van der Waals surface area contributed by atoms with Gasteiger partial charge in [-0.25, -0.2) is 4.39 Å². The van der Waals surface area contributed by atoms with E-state index in [1.54, 1.807) is 6.07 Å². The normalized spacial score (nSPS) is 14.6. The maximum absolute atomic E-state index is 13.3. The summed E-state index contributed by atoms with van der Waals surface area (Å²) >= 11 is 0. The lowest BCUT2D eigenvalue weighted by Gasteiger charge is -2.21. The second-order valence-corrected chi connectivity index (χ2v) is 4.94. The molecule has 1 unspecified atom stereocenters. The van der Waals surface area contributed by atoms with Crippen molar-refractivity contribution in [3.63, 3.8) is 0 Å². The Balaban J connectivity index is 1.78. The molecule has 2 N–H and O–H groups in total. The number of aromatic hydroxyl groups is 1. The average molecular weight is 289 g/mol. The van der Waals surface area contributed by atoms with Gasteiger partial charge in [0.1, 0.15) is 13.2 Å². The zero-order valence-electron chi connectivity index (χ0n) is 11.6. The van der Waals surface area contributed by atoms with E-state index in [0.29, 0.717) is 18.9 Å². The van der Waals surface area contributed by atoms with Gasteiger partial charge in [0, 0.05) is 17.8 Å². The molecule has 0 fully saturated rings. The Morgan fingerprint density at radius 2 is 1.86 bits per heavy atom. The van der Waals surface area contributed by atoms with Crippen LogP contribution in [0.25, 0.3) is 0 Å². The Labute approximate surface area is 122 Å². The van der Waals surface area contributed by atoms with E-state index < -0.39 is 5.82 Å². The molecule has 1 aliphatic heterocycles. The second-order valence-electron chi connectivity index (χ2n) is 4.94. The largest absolute Gasteiger partial charge is 0.505 e. The van der Waals surface area contributed by atoms with Crippen LogP contribution in [-0.2, 0) is 0 Å². The van der Waals surface area contributed by atoms with Gasteiger partial charge in [0.25, 0.3) is 0 Å². The van der Waals surface area contributed by atoms with E-state index >= 15 is 0 Å². The van der Waals surface area contributed by atoms with E-state index in [9.17, 15) is 9.50 Å². The number of phenolic OH excluding ortho intramolecular Hbond substituents is 1. The monoisotopic (exact) mass is 289 g/mol. The molecule has 0 amide bonds. The van der Waals surface area contributed by atoms with Crippen LogP contribution in [0.2, 0.25) is 0 Å². The summed E-state index contributed by atoms with van der Waals surface area (Å²) in [5, 5.41) is 12.4. The van der Waals surface area contributed by atoms with E-state index in [0.717, 1.165) is 17.1 Å². The molecule has 0 radical (unpaired) electrons. The van der Waals surface area contributed by atoms with Gasteiger partial charge in [0.15, 0.2) is 23.1 Å². The van der Waals surface area contributed by atoms with Crippen molar-refractivity contribution in [2.24, 2.45) is 0 Å². The third-order valence-electron chi connectivity index (χ3n) is 3.40. The maximum atomic E-state index is 13.3. The summed E-state index contributed by atoms with van der Waals surface area (Å²) in [5.41, 5.74) is 1.61. The summed E-state index contributed by atoms with van der Waals surface area (Å²) in [7, 11) is 0. The van der Waals surface area contributed by atoms with Crippen LogP contribution in [0.4, 0.5) is 10.1 Å². The first-order valence-electron chi connectivity index (χ1n) is 6.78. The highest BCUT2D eigenvalue weighted by atomic mass is 19.1. The summed E-state index contributed by atoms with van der Waals surface area (Å²) in [5.74, 6) is 0.471. The van der Waals surface area contributed by atoms with Crippen LogP contribution >= 0.6 is 0 Å². The molecule has 3 rings (SSSR count). The van der Waals surface area contributed by atoms with Gasteiger partial charge in [-0.15, -0.1) is 0 Å². The number of anilines is 1.